The van der Waals surface area contributed by atoms with Crippen molar-refractivity contribution in [3.05, 3.63) is 98.5 Å². The number of nitrogens with one attached hydrogen (secondary N) is 1. The van der Waals surface area contributed by atoms with Crippen LogP contribution in [0.2, 0.25) is 15.1 Å². The second-order valence-electron chi connectivity index (χ2n) is 9.09. The Morgan fingerprint density at radius 1 is 0.897 bits per heavy atom. The molecule has 0 bridgehead atoms. The van der Waals surface area contributed by atoms with Crippen molar-refractivity contribution in [2.75, 3.05) is 23.7 Å². The monoisotopic (exact) mass is 609 g/mol. The predicted molar refractivity (Wildman–Crippen MR) is 158 cm³/mol. The number of hydrogen-bond acceptors (Lipinski definition) is 4. The summed E-state index contributed by atoms with van der Waals surface area (Å²) in [6.45, 7) is 3.59. The molecular weight excluding hydrogens is 581 g/mol. The highest BCUT2D eigenvalue weighted by Gasteiger charge is 2.33. The highest BCUT2D eigenvalue weighted by Crippen LogP contribution is 2.35. The molecule has 2 amide bonds. The number of carbonyl (C=O) groups is 2. The fourth-order valence-corrected chi connectivity index (χ4v) is 5.58. The van der Waals surface area contributed by atoms with Gasteiger partial charge in [0.1, 0.15) is 12.6 Å². The van der Waals surface area contributed by atoms with Crippen LogP contribution in [0.1, 0.15) is 23.6 Å². The van der Waals surface area contributed by atoms with Gasteiger partial charge in [-0.25, -0.2) is 8.42 Å². The zero-order chi connectivity index (χ0) is 28.7. The molecule has 208 valence electrons. The van der Waals surface area contributed by atoms with Crippen LogP contribution in [0.25, 0.3) is 0 Å². The summed E-state index contributed by atoms with van der Waals surface area (Å²) in [5, 5.41) is 3.05. The van der Waals surface area contributed by atoms with Crippen molar-refractivity contribution >= 4 is 62.3 Å². The van der Waals surface area contributed by atoms with E-state index in [1.807, 2.05) is 61.5 Å². The minimum Gasteiger partial charge on any atom is -0.355 e. The first-order valence-corrected chi connectivity index (χ1v) is 15.2. The lowest BCUT2D eigenvalue weighted by molar-refractivity contribution is -0.140. The third kappa shape index (κ3) is 8.35. The van der Waals surface area contributed by atoms with Crippen molar-refractivity contribution in [1.29, 1.82) is 0 Å². The van der Waals surface area contributed by atoms with Crippen LogP contribution < -0.4 is 9.62 Å². The molecule has 0 saturated carbocycles. The average Bonchev–Trinajstić information content (AvgIpc) is 2.88. The Balaban J connectivity index is 2.07. The van der Waals surface area contributed by atoms with Crippen molar-refractivity contribution in [2.45, 2.75) is 32.9 Å². The number of halogens is 3. The molecule has 7 nitrogen and oxygen atoms in total. The molecule has 1 atom stereocenters. The Hall–Kier alpha value is -2.78. The Bertz CT molecular complexity index is 1420. The zero-order valence-corrected chi connectivity index (χ0v) is 24.9. The van der Waals surface area contributed by atoms with Gasteiger partial charge in [0.15, 0.2) is 0 Å². The van der Waals surface area contributed by atoms with Gasteiger partial charge in [-0.2, -0.15) is 0 Å². The third-order valence-corrected chi connectivity index (χ3v) is 8.18. The van der Waals surface area contributed by atoms with Crippen molar-refractivity contribution in [3.63, 3.8) is 0 Å². The molecule has 0 fully saturated rings. The normalized spacial score (nSPS) is 12.1. The maximum Gasteiger partial charge on any atom is 0.244 e. The maximum absolute atomic E-state index is 14.0. The van der Waals surface area contributed by atoms with Gasteiger partial charge in [0.2, 0.25) is 21.8 Å². The number of benzene rings is 3. The molecule has 0 heterocycles. The van der Waals surface area contributed by atoms with E-state index >= 15 is 0 Å². The van der Waals surface area contributed by atoms with Crippen LogP contribution >= 0.6 is 34.8 Å². The van der Waals surface area contributed by atoms with Gasteiger partial charge in [0.05, 0.1) is 27.0 Å². The lowest BCUT2D eigenvalue weighted by Crippen LogP contribution is -2.53. The maximum atomic E-state index is 14.0. The molecule has 0 unspecified atom stereocenters. The first-order chi connectivity index (χ1) is 18.4. The molecule has 39 heavy (non-hydrogen) atoms. The van der Waals surface area contributed by atoms with Gasteiger partial charge in [0, 0.05) is 19.5 Å². The van der Waals surface area contributed by atoms with Crippen molar-refractivity contribution in [3.8, 4) is 0 Å². The fraction of sp³-hybridized carbons (Fsp3) is 0.286. The van der Waals surface area contributed by atoms with Gasteiger partial charge in [-0.1, -0.05) is 95.0 Å². The second kappa shape index (κ2) is 13.5. The van der Waals surface area contributed by atoms with Gasteiger partial charge in [-0.3, -0.25) is 13.9 Å². The predicted octanol–water partition coefficient (Wildman–Crippen LogP) is 5.50. The number of nitrogens with zero attached hydrogens (tertiary/aromatic N) is 2. The van der Waals surface area contributed by atoms with E-state index in [-0.39, 0.29) is 39.6 Å². The summed E-state index contributed by atoms with van der Waals surface area (Å²) >= 11 is 18.5. The van der Waals surface area contributed by atoms with E-state index in [0.29, 0.717) is 6.54 Å². The first-order valence-electron chi connectivity index (χ1n) is 12.2. The smallest absolute Gasteiger partial charge is 0.244 e. The fourth-order valence-electron chi connectivity index (χ4n) is 4.03. The Kier molecular flexibility index (Phi) is 10.7. The van der Waals surface area contributed by atoms with E-state index in [1.54, 1.807) is 6.92 Å². The van der Waals surface area contributed by atoms with Gasteiger partial charge < -0.3 is 10.2 Å². The number of sulfonamides is 1. The highest BCUT2D eigenvalue weighted by atomic mass is 35.5. The minimum absolute atomic E-state index is 0.00909. The Labute approximate surface area is 244 Å². The minimum atomic E-state index is -3.99. The van der Waals surface area contributed by atoms with Gasteiger partial charge in [-0.05, 0) is 37.1 Å². The summed E-state index contributed by atoms with van der Waals surface area (Å²) < 4.78 is 26.6. The highest BCUT2D eigenvalue weighted by molar-refractivity contribution is 7.92. The van der Waals surface area contributed by atoms with Crippen LogP contribution in [0, 0.1) is 6.92 Å². The number of rotatable bonds is 11. The van der Waals surface area contributed by atoms with E-state index in [2.05, 4.69) is 5.32 Å². The van der Waals surface area contributed by atoms with Crippen molar-refractivity contribution in [1.82, 2.24) is 10.2 Å². The van der Waals surface area contributed by atoms with Gasteiger partial charge in [0.25, 0.3) is 0 Å². The topological polar surface area (TPSA) is 86.8 Å². The van der Waals surface area contributed by atoms with Crippen LogP contribution in [0.4, 0.5) is 5.69 Å². The number of likely N-dealkylation sites (N-methyl/N-ethyl adjacent to an activating group) is 1. The van der Waals surface area contributed by atoms with Crippen LogP contribution in [-0.4, -0.2) is 50.5 Å². The molecule has 0 aromatic heterocycles. The van der Waals surface area contributed by atoms with E-state index < -0.39 is 28.5 Å². The van der Waals surface area contributed by atoms with Crippen molar-refractivity contribution < 1.29 is 18.0 Å². The third-order valence-electron chi connectivity index (χ3n) is 6.03. The molecule has 1 N–H and O–H groups in total. The molecule has 0 aliphatic rings. The molecule has 0 saturated heterocycles. The summed E-state index contributed by atoms with van der Waals surface area (Å²) in [6.07, 6.45) is 1.20. The Morgan fingerprint density at radius 2 is 1.51 bits per heavy atom. The molecule has 3 aromatic carbocycles. The molecule has 3 aromatic rings. The molecule has 0 spiro atoms. The molecule has 0 radical (unpaired) electrons. The summed E-state index contributed by atoms with van der Waals surface area (Å²) in [4.78, 5) is 28.7. The van der Waals surface area contributed by atoms with Gasteiger partial charge >= 0.3 is 0 Å². The van der Waals surface area contributed by atoms with Crippen LogP contribution in [0.5, 0.6) is 0 Å². The molecular formula is C28H30Cl3N3O4S. The molecule has 0 aliphatic heterocycles. The molecule has 3 rings (SSSR count). The second-order valence-corrected chi connectivity index (χ2v) is 12.2. The lowest BCUT2D eigenvalue weighted by Gasteiger charge is -2.33. The number of anilines is 1. The zero-order valence-electron chi connectivity index (χ0n) is 21.8. The van der Waals surface area contributed by atoms with Crippen molar-refractivity contribution in [2.24, 2.45) is 0 Å². The summed E-state index contributed by atoms with van der Waals surface area (Å²) in [6, 6.07) is 18.6. The van der Waals surface area contributed by atoms with Crippen LogP contribution in [-0.2, 0) is 32.6 Å². The summed E-state index contributed by atoms with van der Waals surface area (Å²) in [5.74, 6) is -0.935. The van der Waals surface area contributed by atoms with Gasteiger partial charge in [-0.15, -0.1) is 0 Å². The van der Waals surface area contributed by atoms with E-state index in [0.717, 1.165) is 27.3 Å². The number of amides is 2. The standard InChI is InChI=1S/C28H30Cl3N3O4S/c1-4-32-28(36)26(14-20-8-6-5-7-9-20)33(17-21-12-10-19(2)11-13-21)27(35)18-34(39(3,37)38)25-16-23(30)22(29)15-24(25)31/h5-13,15-16,26H,4,14,17-18H2,1-3H3,(H,32,36)/t26-/m0/s1. The molecule has 0 aliphatic carbocycles. The molecule has 11 heteroatoms. The summed E-state index contributed by atoms with van der Waals surface area (Å²) in [5.41, 5.74) is 2.69. The average molecular weight is 611 g/mol. The van der Waals surface area contributed by atoms with E-state index in [1.165, 1.54) is 17.0 Å². The number of carbonyl (C=O) groups excluding carboxylic acids is 2. The first kappa shape index (κ1) is 30.8. The van der Waals surface area contributed by atoms with Crippen LogP contribution in [0.3, 0.4) is 0 Å². The number of hydrogen-bond donors (Lipinski definition) is 1. The van der Waals surface area contributed by atoms with Crippen LogP contribution in [0.15, 0.2) is 66.7 Å². The SMILES string of the molecule is CCNC(=O)[C@H](Cc1ccccc1)N(Cc1ccc(C)cc1)C(=O)CN(c1cc(Cl)c(Cl)cc1Cl)S(C)(=O)=O. The van der Waals surface area contributed by atoms with E-state index in [4.69, 9.17) is 34.8 Å². The summed E-state index contributed by atoms with van der Waals surface area (Å²) in [7, 11) is -3.99. The largest absolute Gasteiger partial charge is 0.355 e. The number of aryl methyl sites for hydroxylation is 1. The Morgan fingerprint density at radius 3 is 2.10 bits per heavy atom. The van der Waals surface area contributed by atoms with E-state index in [9.17, 15) is 18.0 Å². The quantitative estimate of drug-likeness (QED) is 0.291. The lowest BCUT2D eigenvalue weighted by atomic mass is 10.0.